The number of carbonyl (C=O) groups excluding carboxylic acids is 1. The molecular formula is C23H21Cl3N4O. The second-order valence-electron chi connectivity index (χ2n) is 7.00. The Hall–Kier alpha value is -2.60. The number of hydrogen-bond donors (Lipinski definition) is 1. The van der Waals surface area contributed by atoms with Crippen LogP contribution in [0.1, 0.15) is 41.0 Å². The number of aromatic nitrogens is 3. The largest absolute Gasteiger partial charge is 0.345 e. The van der Waals surface area contributed by atoms with Crippen LogP contribution < -0.4 is 5.32 Å². The highest BCUT2D eigenvalue weighted by molar-refractivity contribution is 6.34. The summed E-state index contributed by atoms with van der Waals surface area (Å²) in [5.41, 5.74) is 4.00. The highest BCUT2D eigenvalue weighted by atomic mass is 35.5. The van der Waals surface area contributed by atoms with Crippen molar-refractivity contribution in [2.75, 3.05) is 0 Å². The van der Waals surface area contributed by atoms with Crippen LogP contribution in [0.3, 0.4) is 0 Å². The van der Waals surface area contributed by atoms with Crippen molar-refractivity contribution in [1.82, 2.24) is 19.9 Å². The van der Waals surface area contributed by atoms with Crippen LogP contribution in [0.4, 0.5) is 0 Å². The molecule has 4 aromatic rings. The molecule has 2 aromatic carbocycles. The maximum atomic E-state index is 12.8. The minimum atomic E-state index is -0.121. The van der Waals surface area contributed by atoms with Gasteiger partial charge >= 0.3 is 0 Å². The van der Waals surface area contributed by atoms with Crippen molar-refractivity contribution < 1.29 is 4.79 Å². The highest BCUT2D eigenvalue weighted by Gasteiger charge is 2.15. The van der Waals surface area contributed by atoms with Gasteiger partial charge < -0.3 is 9.88 Å². The molecule has 0 saturated carbocycles. The molecule has 0 aliphatic carbocycles. The van der Waals surface area contributed by atoms with Crippen LogP contribution in [-0.2, 0) is 6.54 Å². The lowest BCUT2D eigenvalue weighted by Gasteiger charge is -2.17. The second-order valence-corrected chi connectivity index (χ2v) is 7.85. The molecule has 4 rings (SSSR count). The Morgan fingerprint density at radius 2 is 1.87 bits per heavy atom. The first-order valence-electron chi connectivity index (χ1n) is 9.65. The Labute approximate surface area is 196 Å². The summed E-state index contributed by atoms with van der Waals surface area (Å²) < 4.78 is 1.94. The number of hydrogen-bond acceptors (Lipinski definition) is 3. The average Bonchev–Trinajstić information content (AvgIpc) is 3.16. The number of nitrogens with one attached hydrogen (secondary N) is 1. The van der Waals surface area contributed by atoms with Gasteiger partial charge in [0.2, 0.25) is 0 Å². The Bertz CT molecular complexity index is 1190. The van der Waals surface area contributed by atoms with Crippen LogP contribution in [-0.4, -0.2) is 20.4 Å². The van der Waals surface area contributed by atoms with Crippen LogP contribution in [0.2, 0.25) is 10.0 Å². The quantitative estimate of drug-likeness (QED) is 0.367. The third kappa shape index (κ3) is 5.18. The molecule has 0 saturated heterocycles. The number of benzene rings is 2. The van der Waals surface area contributed by atoms with E-state index in [9.17, 15) is 4.79 Å². The smallest absolute Gasteiger partial charge is 0.251 e. The fourth-order valence-electron chi connectivity index (χ4n) is 3.40. The summed E-state index contributed by atoms with van der Waals surface area (Å²) in [6.07, 6.45) is 4.10. The van der Waals surface area contributed by atoms with Crippen LogP contribution in [0, 0.1) is 0 Å². The van der Waals surface area contributed by atoms with E-state index in [1.165, 1.54) is 0 Å². The Morgan fingerprint density at radius 1 is 1.10 bits per heavy atom. The van der Waals surface area contributed by atoms with Crippen molar-refractivity contribution in [2.24, 2.45) is 0 Å². The number of amides is 1. The van der Waals surface area contributed by atoms with E-state index in [4.69, 9.17) is 23.2 Å². The monoisotopic (exact) mass is 474 g/mol. The number of carbonyl (C=O) groups is 1. The minimum Gasteiger partial charge on any atom is -0.345 e. The molecule has 0 aliphatic rings. The van der Waals surface area contributed by atoms with Gasteiger partial charge in [-0.1, -0.05) is 60.5 Å². The highest BCUT2D eigenvalue weighted by Crippen LogP contribution is 2.22. The summed E-state index contributed by atoms with van der Waals surface area (Å²) in [7, 11) is 0. The lowest BCUT2D eigenvalue weighted by molar-refractivity contribution is 0.0935. The standard InChI is InChI=1S/C23H20Cl2N4O.ClH/c1-2-19(15-6-4-3-5-7-15)28-23(30)16-8-9-22-20(10-16)27-14-29(22)13-21-18(25)11-17(24)12-26-21;/h3-12,14,19H,2,13H2,1H3,(H,28,30);1H/t19-;/m1./s1. The fourth-order valence-corrected chi connectivity index (χ4v) is 3.84. The molecule has 1 amide bonds. The molecule has 31 heavy (non-hydrogen) atoms. The Kier molecular flexibility index (Phi) is 7.55. The molecule has 0 radical (unpaired) electrons. The van der Waals surface area contributed by atoms with Gasteiger partial charge in [-0.25, -0.2) is 4.98 Å². The summed E-state index contributed by atoms with van der Waals surface area (Å²) in [5, 5.41) is 4.11. The SMILES string of the molecule is CC[C@@H](NC(=O)c1ccc2c(c1)ncn2Cc1ncc(Cl)cc1Cl)c1ccccc1.Cl. The lowest BCUT2D eigenvalue weighted by atomic mass is 10.0. The average molecular weight is 476 g/mol. The molecule has 2 heterocycles. The molecule has 0 aliphatic heterocycles. The van der Waals surface area contributed by atoms with E-state index < -0.39 is 0 Å². The van der Waals surface area contributed by atoms with Crippen LogP contribution >= 0.6 is 35.6 Å². The Balaban J connectivity index is 0.00000272. The molecular weight excluding hydrogens is 455 g/mol. The van der Waals surface area contributed by atoms with Gasteiger partial charge in [-0.3, -0.25) is 9.78 Å². The van der Waals surface area contributed by atoms with Gasteiger partial charge in [0, 0.05) is 11.8 Å². The van der Waals surface area contributed by atoms with E-state index >= 15 is 0 Å². The summed E-state index contributed by atoms with van der Waals surface area (Å²) >= 11 is 12.2. The zero-order valence-electron chi connectivity index (χ0n) is 16.8. The summed E-state index contributed by atoms with van der Waals surface area (Å²) in [6, 6.07) is 17.1. The van der Waals surface area contributed by atoms with Crippen molar-refractivity contribution in [3.8, 4) is 0 Å². The number of rotatable bonds is 6. The first-order chi connectivity index (χ1) is 14.5. The first kappa shape index (κ1) is 23.1. The molecule has 0 fully saturated rings. The summed E-state index contributed by atoms with van der Waals surface area (Å²) in [4.78, 5) is 21.6. The predicted octanol–water partition coefficient (Wildman–Crippen LogP) is 6.09. The van der Waals surface area contributed by atoms with Crippen molar-refractivity contribution in [1.29, 1.82) is 0 Å². The normalized spacial score (nSPS) is 11.7. The third-order valence-electron chi connectivity index (χ3n) is 5.00. The predicted molar refractivity (Wildman–Crippen MR) is 127 cm³/mol. The number of halogens is 3. The number of imidazole rings is 1. The van der Waals surface area contributed by atoms with E-state index in [2.05, 4.69) is 22.2 Å². The molecule has 0 unspecified atom stereocenters. The van der Waals surface area contributed by atoms with Gasteiger partial charge in [-0.05, 0) is 36.2 Å². The fraction of sp³-hybridized carbons (Fsp3) is 0.174. The topological polar surface area (TPSA) is 59.8 Å². The van der Waals surface area contributed by atoms with Crippen molar-refractivity contribution in [3.63, 3.8) is 0 Å². The van der Waals surface area contributed by atoms with Crippen molar-refractivity contribution >= 4 is 52.5 Å². The van der Waals surface area contributed by atoms with Gasteiger partial charge in [0.15, 0.2) is 0 Å². The van der Waals surface area contributed by atoms with E-state index in [-0.39, 0.29) is 24.4 Å². The van der Waals surface area contributed by atoms with Crippen LogP contribution in [0.25, 0.3) is 11.0 Å². The number of pyridine rings is 1. The minimum absolute atomic E-state index is 0. The maximum absolute atomic E-state index is 12.8. The number of fused-ring (bicyclic) bond motifs is 1. The molecule has 0 bridgehead atoms. The third-order valence-corrected chi connectivity index (χ3v) is 5.54. The molecule has 0 spiro atoms. The molecule has 8 heteroatoms. The summed E-state index contributed by atoms with van der Waals surface area (Å²) in [5.74, 6) is -0.121. The zero-order chi connectivity index (χ0) is 21.1. The first-order valence-corrected chi connectivity index (χ1v) is 10.4. The van der Waals surface area contributed by atoms with Gasteiger partial charge in [0.05, 0.1) is 45.7 Å². The van der Waals surface area contributed by atoms with Crippen molar-refractivity contribution in [3.05, 3.63) is 94.0 Å². The zero-order valence-corrected chi connectivity index (χ0v) is 19.1. The summed E-state index contributed by atoms with van der Waals surface area (Å²) in [6.45, 7) is 2.52. The molecule has 1 N–H and O–H groups in total. The number of nitrogens with zero attached hydrogens (tertiary/aromatic N) is 3. The van der Waals surface area contributed by atoms with Gasteiger partial charge in [0.25, 0.3) is 5.91 Å². The second kappa shape index (κ2) is 10.1. The van der Waals surface area contributed by atoms with Gasteiger partial charge in [-0.2, -0.15) is 0 Å². The van der Waals surface area contributed by atoms with E-state index in [1.54, 1.807) is 24.7 Å². The molecule has 160 valence electrons. The lowest BCUT2D eigenvalue weighted by Crippen LogP contribution is -2.28. The van der Waals surface area contributed by atoms with Crippen LogP contribution in [0.5, 0.6) is 0 Å². The van der Waals surface area contributed by atoms with E-state index in [0.29, 0.717) is 27.8 Å². The maximum Gasteiger partial charge on any atom is 0.251 e. The van der Waals surface area contributed by atoms with Crippen LogP contribution in [0.15, 0.2) is 67.1 Å². The van der Waals surface area contributed by atoms with Gasteiger partial charge in [-0.15, -0.1) is 12.4 Å². The molecule has 2 aromatic heterocycles. The molecule has 1 atom stereocenters. The molecule has 5 nitrogen and oxygen atoms in total. The Morgan fingerprint density at radius 3 is 2.58 bits per heavy atom. The van der Waals surface area contributed by atoms with Crippen molar-refractivity contribution in [2.45, 2.75) is 25.9 Å². The van der Waals surface area contributed by atoms with E-state index in [0.717, 1.165) is 23.0 Å². The van der Waals surface area contributed by atoms with Gasteiger partial charge in [0.1, 0.15) is 0 Å². The van der Waals surface area contributed by atoms with E-state index in [1.807, 2.05) is 47.0 Å².